The van der Waals surface area contributed by atoms with E-state index in [1.807, 2.05) is 0 Å². The van der Waals surface area contributed by atoms with Crippen LogP contribution >= 0.6 is 0 Å². The zero-order valence-corrected chi connectivity index (χ0v) is 47.1. The van der Waals surface area contributed by atoms with Gasteiger partial charge >= 0.3 is 0 Å². The van der Waals surface area contributed by atoms with E-state index in [1.54, 1.807) is 0 Å². The van der Waals surface area contributed by atoms with Gasteiger partial charge in [-0.25, -0.2) is 0 Å². The van der Waals surface area contributed by atoms with Crippen LogP contribution in [0.5, 0.6) is 0 Å². The van der Waals surface area contributed by atoms with Crippen LogP contribution < -0.4 is 115 Å². The highest BCUT2D eigenvalue weighted by atomic mass is 16.3. The van der Waals surface area contributed by atoms with Gasteiger partial charge in [0.25, 0.3) is 0 Å². The van der Waals surface area contributed by atoms with Crippen LogP contribution in [0.2, 0.25) is 0 Å². The Balaban J connectivity index is 1.30. The molecular weight excluding hydrogens is 844 g/mol. The second kappa shape index (κ2) is 16.8. The Kier molecular flexibility index (Phi) is 11.4. The first kappa shape index (κ1) is 48.9. The monoisotopic (exact) mass is 899 g/mol. The molecule has 0 aliphatic heterocycles. The molecular formula is C50H51B21O. The van der Waals surface area contributed by atoms with Crippen molar-refractivity contribution in [1.82, 2.24) is 0 Å². The summed E-state index contributed by atoms with van der Waals surface area (Å²) in [6.45, 7) is 0. The molecule has 0 unspecified atom stereocenters. The van der Waals surface area contributed by atoms with E-state index in [4.69, 9.17) is 4.42 Å². The molecule has 22 heteroatoms. The van der Waals surface area contributed by atoms with Gasteiger partial charge in [-0.15, -0.1) is 32.8 Å². The van der Waals surface area contributed by atoms with Gasteiger partial charge in [-0.1, -0.05) is 112 Å². The molecule has 1 nitrogen and oxygen atoms in total. The van der Waals surface area contributed by atoms with Crippen molar-refractivity contribution in [2.45, 2.75) is 0 Å². The summed E-state index contributed by atoms with van der Waals surface area (Å²) in [6, 6.07) is 20.2. The second-order valence-electron chi connectivity index (χ2n) is 22.5. The zero-order chi connectivity index (χ0) is 51.7. The van der Waals surface area contributed by atoms with Gasteiger partial charge in [0.1, 0.15) is 176 Å². The SMILES string of the molecule is Bc1c(B)c(B)c2c(B)c(-c3c(B)c(B)c4c(B)c(-c5c6c(B)c(B)c(B)c(B)c6c(-c6ccc7oc8cc9ccccc9cc8c7c6)c6c(B)c(B)c(B)c(B)c56)c(B)c(B)c4c3B)c(B)c(B)c2c1B. The number of benzene rings is 10. The summed E-state index contributed by atoms with van der Waals surface area (Å²) in [5, 5.41) is 15.9. The highest BCUT2D eigenvalue weighted by Gasteiger charge is 2.30. The Morgan fingerprint density at radius 3 is 0.931 bits per heavy atom. The Hall–Kier alpha value is -5.34. The van der Waals surface area contributed by atoms with Crippen LogP contribution in [0.1, 0.15) is 0 Å². The lowest BCUT2D eigenvalue weighted by Gasteiger charge is -2.32. The van der Waals surface area contributed by atoms with Crippen LogP contribution in [0, 0.1) is 0 Å². The van der Waals surface area contributed by atoms with Gasteiger partial charge in [-0.05, 0) is 112 Å². The number of rotatable bonds is 3. The van der Waals surface area contributed by atoms with Crippen molar-refractivity contribution in [3.63, 3.8) is 0 Å². The number of hydrogen-bond acceptors (Lipinski definition) is 1. The van der Waals surface area contributed by atoms with Crippen molar-refractivity contribution in [3.05, 3.63) is 54.6 Å². The van der Waals surface area contributed by atoms with Crippen LogP contribution in [0.25, 0.3) is 109 Å². The summed E-state index contributed by atoms with van der Waals surface area (Å²) in [7, 11) is 49.9. The average molecular weight is 895 g/mol. The number of furan rings is 1. The Morgan fingerprint density at radius 1 is 0.222 bits per heavy atom. The maximum atomic E-state index is 6.64. The third-order valence-electron chi connectivity index (χ3n) is 19.6. The molecule has 10 aromatic carbocycles. The average Bonchev–Trinajstić information content (AvgIpc) is 3.72. The Bertz CT molecular complexity index is 4330. The van der Waals surface area contributed by atoms with E-state index < -0.39 is 0 Å². The molecule has 72 heavy (non-hydrogen) atoms. The van der Waals surface area contributed by atoms with Crippen molar-refractivity contribution in [2.75, 3.05) is 0 Å². The molecule has 1 aromatic heterocycles. The maximum Gasteiger partial charge on any atom is 0.140 e. The highest BCUT2D eigenvalue weighted by molar-refractivity contribution is 6.76. The van der Waals surface area contributed by atoms with Crippen LogP contribution in [-0.4, -0.2) is 165 Å². The van der Waals surface area contributed by atoms with Gasteiger partial charge < -0.3 is 4.42 Å². The fraction of sp³-hybridized carbons (Fsp3) is 0. The quantitative estimate of drug-likeness (QED) is 0.127. The molecule has 0 fully saturated rings. The fourth-order valence-electron chi connectivity index (χ4n) is 14.3. The van der Waals surface area contributed by atoms with Crippen molar-refractivity contribution in [3.8, 4) is 33.4 Å². The summed E-state index contributed by atoms with van der Waals surface area (Å²) in [6.07, 6.45) is 0. The normalized spacial score (nSPS) is 11.9. The molecule has 320 valence electrons. The first-order valence-electron chi connectivity index (χ1n) is 26.4. The molecule has 0 spiro atoms. The maximum absolute atomic E-state index is 6.64. The van der Waals surface area contributed by atoms with Crippen molar-refractivity contribution in [2.24, 2.45) is 0 Å². The van der Waals surface area contributed by atoms with Crippen molar-refractivity contribution in [1.29, 1.82) is 0 Å². The molecule has 0 saturated heterocycles. The Morgan fingerprint density at radius 2 is 0.528 bits per heavy atom. The molecule has 0 amide bonds. The van der Waals surface area contributed by atoms with E-state index in [0.29, 0.717) is 0 Å². The van der Waals surface area contributed by atoms with E-state index in [-0.39, 0.29) is 0 Å². The molecule has 0 saturated carbocycles. The van der Waals surface area contributed by atoms with Gasteiger partial charge in [0, 0.05) is 10.8 Å². The summed E-state index contributed by atoms with van der Waals surface area (Å²) in [4.78, 5) is 0. The molecule has 0 aliphatic carbocycles. The second-order valence-corrected chi connectivity index (χ2v) is 22.5. The molecule has 0 atom stereocenters. The molecule has 0 N–H and O–H groups in total. The summed E-state index contributed by atoms with van der Waals surface area (Å²) < 4.78 is 6.64. The summed E-state index contributed by atoms with van der Waals surface area (Å²) in [5.41, 5.74) is 39.2. The van der Waals surface area contributed by atoms with Gasteiger partial charge in [-0.2, -0.15) is 0 Å². The third-order valence-corrected chi connectivity index (χ3v) is 19.6. The van der Waals surface area contributed by atoms with Crippen LogP contribution in [0.15, 0.2) is 59.0 Å². The van der Waals surface area contributed by atoms with Gasteiger partial charge in [0.05, 0.1) is 0 Å². The van der Waals surface area contributed by atoms with Gasteiger partial charge in [0.2, 0.25) is 0 Å². The molecule has 1 heterocycles. The van der Waals surface area contributed by atoms with Crippen LogP contribution in [0.3, 0.4) is 0 Å². The van der Waals surface area contributed by atoms with Gasteiger partial charge in [0.15, 0.2) is 0 Å². The molecule has 11 aromatic rings. The molecule has 11 rings (SSSR count). The van der Waals surface area contributed by atoms with Crippen molar-refractivity contribution >= 4 is 355 Å². The van der Waals surface area contributed by atoms with E-state index in [1.165, 1.54) is 202 Å². The predicted octanol–water partition coefficient (Wildman–Crippen LogP) is -22.2. The lowest BCUT2D eigenvalue weighted by atomic mass is 9.55. The minimum absolute atomic E-state index is 0.924. The Labute approximate surface area is 444 Å². The predicted molar refractivity (Wildman–Crippen MR) is 389 cm³/mol. The summed E-state index contributed by atoms with van der Waals surface area (Å²) in [5.74, 6) is 0. The standard InChI is InChI=1S/C50H51B21O/c51-30-23(37(58)38(59)25-24(30)39(60)40(61)26(31(25)52)27-32(53)28-29(42(63)41(27)62)44(65)50(71)49(70)43(28)64)18-21-19(33(54)45(66)47(68)35(21)56)17(20-22(18)36(57)48(69)46(67)34(20)55)12-5-6-15-13(8-12)14-7-10-3-1-2-4-11(10)9-16(14)72-15/h1-9H,51-71H2. The highest BCUT2D eigenvalue weighted by Crippen LogP contribution is 2.42. The number of hydrogen-bond donors (Lipinski definition) is 0. The smallest absolute Gasteiger partial charge is 0.140 e. The topological polar surface area (TPSA) is 13.1 Å². The van der Waals surface area contributed by atoms with E-state index in [0.717, 1.165) is 21.9 Å². The summed E-state index contributed by atoms with van der Waals surface area (Å²) >= 11 is 0. The van der Waals surface area contributed by atoms with Crippen LogP contribution in [-0.2, 0) is 0 Å². The first-order valence-corrected chi connectivity index (χ1v) is 26.4. The van der Waals surface area contributed by atoms with Crippen LogP contribution in [0.4, 0.5) is 0 Å². The molecule has 0 bridgehead atoms. The lowest BCUT2D eigenvalue weighted by molar-refractivity contribution is 0.669. The van der Waals surface area contributed by atoms with E-state index in [9.17, 15) is 0 Å². The minimum Gasteiger partial charge on any atom is -0.456 e. The first-order chi connectivity index (χ1) is 34.0. The van der Waals surface area contributed by atoms with Crippen molar-refractivity contribution < 1.29 is 4.42 Å². The fourth-order valence-corrected chi connectivity index (χ4v) is 14.3. The van der Waals surface area contributed by atoms with E-state index >= 15 is 0 Å². The molecule has 0 radical (unpaired) electrons. The third kappa shape index (κ3) is 6.38. The largest absolute Gasteiger partial charge is 0.456 e. The zero-order valence-electron chi connectivity index (χ0n) is 47.1. The number of fused-ring (bicyclic) bond motifs is 8. The van der Waals surface area contributed by atoms with E-state index in [2.05, 4.69) is 219 Å². The van der Waals surface area contributed by atoms with Gasteiger partial charge in [-0.3, -0.25) is 0 Å². The lowest BCUT2D eigenvalue weighted by Crippen LogP contribution is -2.53. The minimum atomic E-state index is 0.924. The molecule has 0 aliphatic rings.